The van der Waals surface area contributed by atoms with Crippen molar-refractivity contribution in [2.24, 2.45) is 45.9 Å². The van der Waals surface area contributed by atoms with Gasteiger partial charge < -0.3 is 12.4 Å². The predicted molar refractivity (Wildman–Crippen MR) is 99.0 cm³/mol. The van der Waals surface area contributed by atoms with Crippen LogP contribution in [0.15, 0.2) is 17.4 Å². The van der Waals surface area contributed by atoms with Gasteiger partial charge in [0.25, 0.3) is 0 Å². The molecule has 2 nitrogen and oxygen atoms in total. The summed E-state index contributed by atoms with van der Waals surface area (Å²) in [5, 5.41) is 0. The van der Waals surface area contributed by atoms with Crippen LogP contribution in [0.3, 0.4) is 0 Å². The average molecular weight is 373 g/mol. The second-order valence-electron chi connectivity index (χ2n) is 11.6. The minimum atomic E-state index is 0. The summed E-state index contributed by atoms with van der Waals surface area (Å²) in [5.41, 5.74) is 1.04. The van der Waals surface area contributed by atoms with Crippen molar-refractivity contribution in [3.8, 4) is 0 Å². The van der Waals surface area contributed by atoms with Gasteiger partial charge in [0.15, 0.2) is 0 Å². The van der Waals surface area contributed by atoms with E-state index in [0.29, 0.717) is 11.0 Å². The number of aliphatic imine (C=N–C) groups is 1. The molecule has 3 heteroatoms. The predicted octanol–water partition coefficient (Wildman–Crippen LogP) is 0.944. The second-order valence-corrected chi connectivity index (χ2v) is 11.6. The lowest BCUT2D eigenvalue weighted by Gasteiger charge is -2.60. The Morgan fingerprint density at radius 1 is 0.692 bits per heavy atom. The molecule has 8 saturated carbocycles. The number of halogens is 1. The summed E-state index contributed by atoms with van der Waals surface area (Å²) in [6.45, 7) is 0. The van der Waals surface area contributed by atoms with Crippen LogP contribution < -0.4 is 17.3 Å². The number of nitrogens with zero attached hydrogens (tertiary/aromatic N) is 1. The van der Waals surface area contributed by atoms with Gasteiger partial charge in [-0.1, -0.05) is 0 Å². The molecule has 1 unspecified atom stereocenters. The molecule has 0 aromatic rings. The first-order chi connectivity index (χ1) is 12.2. The van der Waals surface area contributed by atoms with Crippen LogP contribution in [-0.4, -0.2) is 11.4 Å². The van der Waals surface area contributed by atoms with Gasteiger partial charge in [-0.15, -0.1) is 0 Å². The molecule has 26 heavy (non-hydrogen) atoms. The van der Waals surface area contributed by atoms with Gasteiger partial charge >= 0.3 is 0 Å². The highest BCUT2D eigenvalue weighted by Gasteiger charge is 2.62. The minimum Gasteiger partial charge on any atom is -1.00 e. The third-order valence-electron chi connectivity index (χ3n) is 9.85. The zero-order chi connectivity index (χ0) is 16.2. The van der Waals surface area contributed by atoms with E-state index in [2.05, 4.69) is 12.4 Å². The summed E-state index contributed by atoms with van der Waals surface area (Å²) in [6, 6.07) is 0. The van der Waals surface area contributed by atoms with Gasteiger partial charge in [-0.3, -0.25) is 4.90 Å². The van der Waals surface area contributed by atoms with Gasteiger partial charge in [-0.25, -0.2) is 4.99 Å². The summed E-state index contributed by atoms with van der Waals surface area (Å²) in [6.07, 6.45) is 23.0. The monoisotopic (exact) mass is 372 g/mol. The van der Waals surface area contributed by atoms with E-state index >= 15 is 0 Å². The van der Waals surface area contributed by atoms with Crippen molar-refractivity contribution in [3.63, 3.8) is 0 Å². The van der Waals surface area contributed by atoms with Crippen molar-refractivity contribution in [2.45, 2.75) is 82.6 Å². The van der Waals surface area contributed by atoms with Crippen molar-refractivity contribution >= 4 is 5.84 Å². The first-order valence-corrected chi connectivity index (χ1v) is 11.3. The first kappa shape index (κ1) is 16.6. The highest BCUT2D eigenvalue weighted by molar-refractivity contribution is 5.83. The topological polar surface area (TPSA) is 16.8 Å². The van der Waals surface area contributed by atoms with E-state index in [1.165, 1.54) is 38.5 Å². The lowest BCUT2D eigenvalue weighted by molar-refractivity contribution is -0.825. The molecule has 0 amide bonds. The number of rotatable bonds is 2. The standard InChI is InChI=1S/C23H32N2.ClH/c1-2-25(23-12-18-6-19(13-23)8-20(7-18)14-23)21(24-1)22-9-15-3-16(10-22)5-17(4-15)11-22;/h1-2,15-20H,3-14H2;1H. The molecule has 8 fully saturated rings. The Morgan fingerprint density at radius 3 is 1.58 bits per heavy atom. The number of amidine groups is 1. The van der Waals surface area contributed by atoms with Crippen molar-refractivity contribution in [2.75, 3.05) is 0 Å². The van der Waals surface area contributed by atoms with Crippen LogP contribution in [0, 0.1) is 40.9 Å². The zero-order valence-corrected chi connectivity index (χ0v) is 16.7. The molecule has 0 saturated heterocycles. The maximum atomic E-state index is 5.16. The molecular formula is C23H33ClN2. The van der Waals surface area contributed by atoms with Crippen LogP contribution in [0.2, 0.25) is 0 Å². The number of hydrogen-bond acceptors (Lipinski definition) is 1. The van der Waals surface area contributed by atoms with Crippen molar-refractivity contribution < 1.29 is 17.3 Å². The van der Waals surface area contributed by atoms with Gasteiger partial charge in [0.1, 0.15) is 11.7 Å². The maximum Gasteiger partial charge on any atom is 0.212 e. The molecule has 0 radical (unpaired) electrons. The first-order valence-electron chi connectivity index (χ1n) is 11.3. The Bertz CT molecular complexity index is 607. The molecule has 8 aliphatic carbocycles. The van der Waals surface area contributed by atoms with Crippen LogP contribution in [-0.2, 0) is 0 Å². The van der Waals surface area contributed by atoms with Gasteiger partial charge in [0.2, 0.25) is 5.84 Å². The largest absolute Gasteiger partial charge is 1.00 e. The maximum absolute atomic E-state index is 5.16. The van der Waals surface area contributed by atoms with Crippen molar-refractivity contribution in [1.82, 2.24) is 0 Å². The van der Waals surface area contributed by atoms with E-state index in [1.807, 2.05) is 0 Å². The molecule has 9 aliphatic rings. The lowest BCUT2D eigenvalue weighted by Crippen LogP contribution is -3.20. The molecule has 142 valence electrons. The normalized spacial score (nSPS) is 58.2. The number of nitrogens with one attached hydrogen (secondary N) is 1. The third-order valence-corrected chi connectivity index (χ3v) is 9.85. The van der Waals surface area contributed by atoms with Crippen LogP contribution in [0.4, 0.5) is 0 Å². The summed E-state index contributed by atoms with van der Waals surface area (Å²) in [4.78, 5) is 6.94. The van der Waals surface area contributed by atoms with Crippen molar-refractivity contribution in [1.29, 1.82) is 0 Å². The summed E-state index contributed by atoms with van der Waals surface area (Å²) in [5.74, 6) is 7.88. The Morgan fingerprint density at radius 2 is 1.12 bits per heavy atom. The zero-order valence-electron chi connectivity index (χ0n) is 15.9. The van der Waals surface area contributed by atoms with Crippen LogP contribution in [0.1, 0.15) is 77.0 Å². The number of quaternary nitrogens is 1. The summed E-state index contributed by atoms with van der Waals surface area (Å²) in [7, 11) is 0. The quantitative estimate of drug-likeness (QED) is 0.743. The fourth-order valence-electron chi connectivity index (χ4n) is 10.0. The van der Waals surface area contributed by atoms with Gasteiger partial charge in [-0.05, 0) is 93.3 Å². The molecule has 0 spiro atoms. The summed E-state index contributed by atoms with van der Waals surface area (Å²) >= 11 is 0. The van der Waals surface area contributed by atoms with E-state index in [9.17, 15) is 0 Å². The Kier molecular flexibility index (Phi) is 3.43. The molecule has 1 N–H and O–H groups in total. The Labute approximate surface area is 164 Å². The minimum absolute atomic E-state index is 0. The van der Waals surface area contributed by atoms with Crippen LogP contribution in [0.5, 0.6) is 0 Å². The molecule has 1 aliphatic heterocycles. The molecule has 0 aromatic heterocycles. The summed E-state index contributed by atoms with van der Waals surface area (Å²) < 4.78 is 0. The van der Waals surface area contributed by atoms with Gasteiger partial charge in [0.05, 0.1) is 11.6 Å². The average Bonchev–Trinajstić information content (AvgIpc) is 3.03. The molecule has 1 atom stereocenters. The van der Waals surface area contributed by atoms with E-state index in [0.717, 1.165) is 35.5 Å². The SMILES string of the molecule is C1=C[NH+](C23CC4CC(CC(C4)C2)C3)C(C23CC4CC(CC(C4)C2)C3)=N1.[Cl-]. The molecular weight excluding hydrogens is 340 g/mol. The van der Waals surface area contributed by atoms with Crippen LogP contribution >= 0.6 is 0 Å². The fraction of sp³-hybridized carbons (Fsp3) is 0.870. The highest BCUT2D eigenvalue weighted by Crippen LogP contribution is 2.61. The molecule has 9 rings (SSSR count). The smallest absolute Gasteiger partial charge is 0.212 e. The molecule has 1 heterocycles. The van der Waals surface area contributed by atoms with Crippen molar-refractivity contribution in [3.05, 3.63) is 12.4 Å². The van der Waals surface area contributed by atoms with E-state index in [-0.39, 0.29) is 12.4 Å². The Hall–Kier alpha value is -0.340. The number of hydrogen-bond donors (Lipinski definition) is 1. The van der Waals surface area contributed by atoms with E-state index in [4.69, 9.17) is 4.99 Å². The fourth-order valence-corrected chi connectivity index (χ4v) is 10.0. The third kappa shape index (κ3) is 2.12. The second kappa shape index (κ2) is 5.38. The van der Waals surface area contributed by atoms with Gasteiger partial charge in [0, 0.05) is 19.3 Å². The van der Waals surface area contributed by atoms with E-state index in [1.54, 1.807) is 49.3 Å². The molecule has 8 bridgehead atoms. The van der Waals surface area contributed by atoms with E-state index < -0.39 is 0 Å². The molecule has 0 aromatic carbocycles. The van der Waals surface area contributed by atoms with Crippen LogP contribution in [0.25, 0.3) is 0 Å². The lowest BCUT2D eigenvalue weighted by atomic mass is 9.48. The van der Waals surface area contributed by atoms with Gasteiger partial charge in [-0.2, -0.15) is 0 Å². The Balaban J connectivity index is 0.00000137. The highest BCUT2D eigenvalue weighted by atomic mass is 35.5.